The number of hydrogen-bond donors (Lipinski definition) is 1. The van der Waals surface area contributed by atoms with E-state index in [0.29, 0.717) is 13.0 Å². The molecule has 1 atom stereocenters. The number of esters is 1. The molecule has 2 rings (SSSR count). The van der Waals surface area contributed by atoms with Gasteiger partial charge >= 0.3 is 5.97 Å². The fourth-order valence-electron chi connectivity index (χ4n) is 2.33. The molecule has 0 fully saturated rings. The molecule has 0 radical (unpaired) electrons. The first-order chi connectivity index (χ1) is 13.3. The monoisotopic (exact) mass is 450 g/mol. The maximum absolute atomic E-state index is 12.1. The van der Waals surface area contributed by atoms with Gasteiger partial charge in [0.25, 0.3) is 11.6 Å². The SMILES string of the molecule is COc1ccc(CCNC(=O)C(C)OC(=O)c2ccc(Br)c([N+](=O)[O-])c2)cc1. The summed E-state index contributed by atoms with van der Waals surface area (Å²) in [5, 5.41) is 13.6. The molecule has 0 saturated carbocycles. The number of nitrogens with zero attached hydrogens (tertiary/aromatic N) is 1. The van der Waals surface area contributed by atoms with Gasteiger partial charge in [-0.2, -0.15) is 0 Å². The molecule has 8 nitrogen and oxygen atoms in total. The molecule has 0 spiro atoms. The van der Waals surface area contributed by atoms with Crippen molar-refractivity contribution < 1.29 is 24.0 Å². The van der Waals surface area contributed by atoms with Crippen molar-refractivity contribution in [2.45, 2.75) is 19.4 Å². The van der Waals surface area contributed by atoms with Crippen molar-refractivity contribution in [2.24, 2.45) is 0 Å². The Morgan fingerprint density at radius 1 is 1.21 bits per heavy atom. The van der Waals surface area contributed by atoms with Gasteiger partial charge in [0.15, 0.2) is 6.10 Å². The largest absolute Gasteiger partial charge is 0.497 e. The molecular formula is C19H19BrN2O6. The third kappa shape index (κ3) is 5.78. The van der Waals surface area contributed by atoms with Crippen LogP contribution in [0.15, 0.2) is 46.9 Å². The highest BCUT2D eigenvalue weighted by atomic mass is 79.9. The summed E-state index contributed by atoms with van der Waals surface area (Å²) < 4.78 is 10.4. The minimum absolute atomic E-state index is 0.00668. The van der Waals surface area contributed by atoms with Crippen molar-refractivity contribution >= 4 is 33.5 Å². The predicted molar refractivity (Wildman–Crippen MR) is 105 cm³/mol. The highest BCUT2D eigenvalue weighted by Crippen LogP contribution is 2.26. The van der Waals surface area contributed by atoms with Crippen LogP contribution in [0.2, 0.25) is 0 Å². The fourth-order valence-corrected chi connectivity index (χ4v) is 2.72. The van der Waals surface area contributed by atoms with Crippen LogP contribution < -0.4 is 10.1 Å². The molecule has 0 heterocycles. The van der Waals surface area contributed by atoms with Gasteiger partial charge in [-0.05, 0) is 59.1 Å². The van der Waals surface area contributed by atoms with Crippen LogP contribution >= 0.6 is 15.9 Å². The molecule has 28 heavy (non-hydrogen) atoms. The molecule has 1 N–H and O–H groups in total. The summed E-state index contributed by atoms with van der Waals surface area (Å²) in [5.41, 5.74) is 0.756. The van der Waals surface area contributed by atoms with Gasteiger partial charge in [0, 0.05) is 12.6 Å². The summed E-state index contributed by atoms with van der Waals surface area (Å²) in [6.07, 6.45) is -0.430. The van der Waals surface area contributed by atoms with Crippen molar-refractivity contribution in [3.05, 3.63) is 68.2 Å². The van der Waals surface area contributed by atoms with Crippen molar-refractivity contribution in [3.63, 3.8) is 0 Å². The van der Waals surface area contributed by atoms with Gasteiger partial charge in [-0.15, -0.1) is 0 Å². The van der Waals surface area contributed by atoms with Crippen LogP contribution in [0.5, 0.6) is 5.75 Å². The second-order valence-electron chi connectivity index (χ2n) is 5.86. The van der Waals surface area contributed by atoms with E-state index < -0.39 is 22.9 Å². The van der Waals surface area contributed by atoms with E-state index in [4.69, 9.17) is 9.47 Å². The highest BCUT2D eigenvalue weighted by Gasteiger charge is 2.21. The average molecular weight is 451 g/mol. The van der Waals surface area contributed by atoms with E-state index in [1.807, 2.05) is 24.3 Å². The van der Waals surface area contributed by atoms with Crippen molar-refractivity contribution in [1.29, 1.82) is 0 Å². The number of halogens is 1. The normalized spacial score (nSPS) is 11.4. The zero-order valence-corrected chi connectivity index (χ0v) is 16.9. The first-order valence-corrected chi connectivity index (χ1v) is 9.16. The fraction of sp³-hybridized carbons (Fsp3) is 0.263. The van der Waals surface area contributed by atoms with Crippen molar-refractivity contribution in [3.8, 4) is 5.75 Å². The highest BCUT2D eigenvalue weighted by molar-refractivity contribution is 9.10. The number of rotatable bonds is 8. The van der Waals surface area contributed by atoms with E-state index in [1.54, 1.807) is 7.11 Å². The zero-order valence-electron chi connectivity index (χ0n) is 15.3. The average Bonchev–Trinajstić information content (AvgIpc) is 2.68. The van der Waals surface area contributed by atoms with Crippen LogP contribution in [-0.4, -0.2) is 36.6 Å². The van der Waals surface area contributed by atoms with Crippen molar-refractivity contribution in [2.75, 3.05) is 13.7 Å². The number of nitro benzene ring substituents is 1. The molecule has 0 aliphatic heterocycles. The first kappa shape index (κ1) is 21.4. The summed E-state index contributed by atoms with van der Waals surface area (Å²) in [6.45, 7) is 1.81. The van der Waals surface area contributed by atoms with Gasteiger partial charge in [-0.25, -0.2) is 4.79 Å². The van der Waals surface area contributed by atoms with E-state index in [1.165, 1.54) is 19.1 Å². The molecule has 1 amide bonds. The molecule has 9 heteroatoms. The molecule has 0 saturated heterocycles. The van der Waals surface area contributed by atoms with E-state index in [-0.39, 0.29) is 15.7 Å². The number of amides is 1. The van der Waals surface area contributed by atoms with Crippen LogP contribution in [0.3, 0.4) is 0 Å². The van der Waals surface area contributed by atoms with E-state index >= 15 is 0 Å². The lowest BCUT2D eigenvalue weighted by Crippen LogP contribution is -2.36. The third-order valence-corrected chi connectivity index (χ3v) is 4.57. The van der Waals surface area contributed by atoms with Crippen molar-refractivity contribution in [1.82, 2.24) is 5.32 Å². The maximum Gasteiger partial charge on any atom is 0.339 e. The molecular weight excluding hydrogens is 432 g/mol. The summed E-state index contributed by atoms with van der Waals surface area (Å²) in [6, 6.07) is 11.3. The summed E-state index contributed by atoms with van der Waals surface area (Å²) >= 11 is 3.05. The third-order valence-electron chi connectivity index (χ3n) is 3.90. The van der Waals surface area contributed by atoms with Gasteiger partial charge in [-0.3, -0.25) is 14.9 Å². The molecule has 2 aromatic carbocycles. The summed E-state index contributed by atoms with van der Waals surface area (Å²) in [7, 11) is 1.59. The number of nitrogens with one attached hydrogen (secondary N) is 1. The Hall–Kier alpha value is -2.94. The Labute approximate surface area is 170 Å². The smallest absolute Gasteiger partial charge is 0.339 e. The standard InChI is InChI=1S/C19H19BrN2O6/c1-12(18(23)21-10-9-13-3-6-15(27-2)7-4-13)28-19(24)14-5-8-16(20)17(11-14)22(25)26/h3-8,11-12H,9-10H2,1-2H3,(H,21,23). The zero-order chi connectivity index (χ0) is 20.7. The molecule has 148 valence electrons. The minimum atomic E-state index is -1.04. The number of hydrogen-bond acceptors (Lipinski definition) is 6. The summed E-state index contributed by atoms with van der Waals surface area (Å²) in [5.74, 6) is -0.511. The van der Waals surface area contributed by atoms with Gasteiger partial charge in [0.05, 0.1) is 22.1 Å². The molecule has 0 aliphatic carbocycles. The maximum atomic E-state index is 12.1. The van der Waals surface area contributed by atoms with Gasteiger partial charge in [0.1, 0.15) is 5.75 Å². The Balaban J connectivity index is 1.86. The number of ether oxygens (including phenoxy) is 2. The first-order valence-electron chi connectivity index (χ1n) is 8.37. The Morgan fingerprint density at radius 3 is 2.50 bits per heavy atom. The Kier molecular flexibility index (Phi) is 7.51. The molecule has 0 aliphatic rings. The van der Waals surface area contributed by atoms with Crippen LogP contribution in [0.1, 0.15) is 22.8 Å². The van der Waals surface area contributed by atoms with E-state index in [9.17, 15) is 19.7 Å². The lowest BCUT2D eigenvalue weighted by molar-refractivity contribution is -0.385. The quantitative estimate of drug-likeness (QED) is 0.375. The van der Waals surface area contributed by atoms with Crippen LogP contribution in [0, 0.1) is 10.1 Å². The molecule has 0 aromatic heterocycles. The Bertz CT molecular complexity index is 869. The molecule has 2 aromatic rings. The van der Waals surface area contributed by atoms with E-state index in [2.05, 4.69) is 21.2 Å². The lowest BCUT2D eigenvalue weighted by atomic mass is 10.1. The number of benzene rings is 2. The van der Waals surface area contributed by atoms with Crippen LogP contribution in [0.25, 0.3) is 0 Å². The van der Waals surface area contributed by atoms with Gasteiger partial charge < -0.3 is 14.8 Å². The molecule has 0 bridgehead atoms. The van der Waals surface area contributed by atoms with Crippen LogP contribution in [-0.2, 0) is 16.0 Å². The number of carbonyl (C=O) groups excluding carboxylic acids is 2. The second kappa shape index (κ2) is 9.84. The molecule has 1 unspecified atom stereocenters. The minimum Gasteiger partial charge on any atom is -0.497 e. The topological polar surface area (TPSA) is 108 Å². The number of nitro groups is 1. The lowest BCUT2D eigenvalue weighted by Gasteiger charge is -2.13. The predicted octanol–water partition coefficient (Wildman–Crippen LogP) is 3.27. The Morgan fingerprint density at radius 2 is 1.89 bits per heavy atom. The second-order valence-corrected chi connectivity index (χ2v) is 6.71. The van der Waals surface area contributed by atoms with Gasteiger partial charge in [-0.1, -0.05) is 12.1 Å². The summed E-state index contributed by atoms with van der Waals surface area (Å²) in [4.78, 5) is 34.6. The van der Waals surface area contributed by atoms with Gasteiger partial charge in [0.2, 0.25) is 0 Å². The van der Waals surface area contributed by atoms with E-state index in [0.717, 1.165) is 17.4 Å². The number of methoxy groups -OCH3 is 1. The number of carbonyl (C=O) groups is 2. The van der Waals surface area contributed by atoms with Crippen LogP contribution in [0.4, 0.5) is 5.69 Å².